The Labute approximate surface area is 193 Å². The van der Waals surface area contributed by atoms with E-state index in [0.29, 0.717) is 21.8 Å². The molecule has 9 nitrogen and oxygen atoms in total. The highest BCUT2D eigenvalue weighted by Gasteiger charge is 2.17. The van der Waals surface area contributed by atoms with Gasteiger partial charge in [-0.25, -0.2) is 0 Å². The zero-order valence-electron chi connectivity index (χ0n) is 17.6. The number of esters is 1. The molecular weight excluding hydrogens is 442 g/mol. The van der Waals surface area contributed by atoms with Crippen molar-refractivity contribution >= 4 is 40.3 Å². The third-order valence-electron chi connectivity index (χ3n) is 4.79. The summed E-state index contributed by atoms with van der Waals surface area (Å²) in [7, 11) is 0. The number of carbonyl (C=O) groups excluding carboxylic acids is 2. The number of benzene rings is 2. The topological polar surface area (TPSA) is 108 Å². The van der Waals surface area contributed by atoms with Crippen LogP contribution in [0.15, 0.2) is 77.2 Å². The minimum absolute atomic E-state index is 0.0155. The molecule has 1 amide bonds. The standard InChI is InChI=1S/C23H21N5O4S/c1-2-12-27-21(31)17-10-6-7-11-18(17)28-22(27)25-26-23(28)33-15-19(29)24-13-20(30)32-14-16-8-4-3-5-9-16/h2-11H,1,12-15H2,(H,24,29). The lowest BCUT2D eigenvalue weighted by Crippen LogP contribution is -2.31. The van der Waals surface area contributed by atoms with Crippen molar-refractivity contribution < 1.29 is 14.3 Å². The van der Waals surface area contributed by atoms with Crippen molar-refractivity contribution in [2.24, 2.45) is 0 Å². The average molecular weight is 464 g/mol. The smallest absolute Gasteiger partial charge is 0.325 e. The van der Waals surface area contributed by atoms with Gasteiger partial charge in [-0.05, 0) is 17.7 Å². The number of para-hydroxylation sites is 1. The van der Waals surface area contributed by atoms with Crippen molar-refractivity contribution in [3.05, 3.63) is 83.2 Å². The fourth-order valence-electron chi connectivity index (χ4n) is 3.26. The van der Waals surface area contributed by atoms with Crippen LogP contribution in [0, 0.1) is 0 Å². The van der Waals surface area contributed by atoms with Crippen LogP contribution in [-0.2, 0) is 27.5 Å². The second-order valence-corrected chi connectivity index (χ2v) is 7.99. The number of ether oxygens (including phenoxy) is 1. The Kier molecular flexibility index (Phi) is 6.84. The van der Waals surface area contributed by atoms with E-state index in [0.717, 1.165) is 17.3 Å². The van der Waals surface area contributed by atoms with Gasteiger partial charge in [0.1, 0.15) is 13.2 Å². The Balaban J connectivity index is 1.42. The molecule has 0 unspecified atom stereocenters. The van der Waals surface area contributed by atoms with E-state index in [1.807, 2.05) is 36.4 Å². The van der Waals surface area contributed by atoms with Gasteiger partial charge in [0.15, 0.2) is 5.16 Å². The van der Waals surface area contributed by atoms with Crippen LogP contribution in [0.5, 0.6) is 0 Å². The Hall–Kier alpha value is -3.92. The van der Waals surface area contributed by atoms with Crippen molar-refractivity contribution in [3.63, 3.8) is 0 Å². The number of rotatable bonds is 9. The van der Waals surface area contributed by atoms with Gasteiger partial charge in [-0.3, -0.25) is 23.4 Å². The summed E-state index contributed by atoms with van der Waals surface area (Å²) in [6.45, 7) is 3.90. The molecule has 2 heterocycles. The van der Waals surface area contributed by atoms with E-state index in [2.05, 4.69) is 22.1 Å². The van der Waals surface area contributed by atoms with E-state index in [4.69, 9.17) is 4.74 Å². The predicted molar refractivity (Wildman–Crippen MR) is 125 cm³/mol. The summed E-state index contributed by atoms with van der Waals surface area (Å²) in [5.41, 5.74) is 1.33. The van der Waals surface area contributed by atoms with Crippen LogP contribution < -0.4 is 10.9 Å². The third-order valence-corrected chi connectivity index (χ3v) is 5.72. The first-order chi connectivity index (χ1) is 16.1. The number of aromatic nitrogens is 4. The highest BCUT2D eigenvalue weighted by Crippen LogP contribution is 2.21. The second-order valence-electron chi connectivity index (χ2n) is 7.05. The summed E-state index contributed by atoms with van der Waals surface area (Å²) in [4.78, 5) is 37.0. The van der Waals surface area contributed by atoms with E-state index in [-0.39, 0.29) is 36.9 Å². The van der Waals surface area contributed by atoms with Crippen LogP contribution in [0.1, 0.15) is 5.56 Å². The van der Waals surface area contributed by atoms with E-state index >= 15 is 0 Å². The van der Waals surface area contributed by atoms with Gasteiger partial charge in [0.2, 0.25) is 11.7 Å². The van der Waals surface area contributed by atoms with Gasteiger partial charge in [0, 0.05) is 6.54 Å². The van der Waals surface area contributed by atoms with E-state index in [1.165, 1.54) is 4.57 Å². The summed E-state index contributed by atoms with van der Waals surface area (Å²) in [6, 6.07) is 16.4. The Morgan fingerprint density at radius 2 is 1.85 bits per heavy atom. The molecule has 0 fully saturated rings. The molecule has 4 aromatic rings. The number of hydrogen-bond donors (Lipinski definition) is 1. The first-order valence-corrected chi connectivity index (χ1v) is 11.1. The lowest BCUT2D eigenvalue weighted by molar-refractivity contribution is -0.145. The zero-order chi connectivity index (χ0) is 23.2. The van der Waals surface area contributed by atoms with Gasteiger partial charge in [0.25, 0.3) is 5.56 Å². The minimum Gasteiger partial charge on any atom is -0.460 e. The molecule has 0 bridgehead atoms. The summed E-state index contributed by atoms with van der Waals surface area (Å²) < 4.78 is 8.38. The van der Waals surface area contributed by atoms with Gasteiger partial charge < -0.3 is 10.1 Å². The number of fused-ring (bicyclic) bond motifs is 3. The summed E-state index contributed by atoms with van der Waals surface area (Å²) in [6.07, 6.45) is 1.61. The van der Waals surface area contributed by atoms with Crippen molar-refractivity contribution in [3.8, 4) is 0 Å². The molecule has 1 N–H and O–H groups in total. The molecule has 0 aliphatic rings. The third kappa shape index (κ3) is 4.96. The molecule has 168 valence electrons. The largest absolute Gasteiger partial charge is 0.460 e. The van der Waals surface area contributed by atoms with Crippen molar-refractivity contribution in [2.75, 3.05) is 12.3 Å². The number of nitrogens with one attached hydrogen (secondary N) is 1. The number of carbonyl (C=O) groups is 2. The number of nitrogens with zero attached hydrogens (tertiary/aromatic N) is 4. The molecule has 4 rings (SSSR count). The fourth-order valence-corrected chi connectivity index (χ4v) is 4.03. The molecule has 2 aromatic heterocycles. The van der Waals surface area contributed by atoms with E-state index < -0.39 is 5.97 Å². The van der Waals surface area contributed by atoms with Gasteiger partial charge in [-0.2, -0.15) is 0 Å². The molecule has 0 spiro atoms. The van der Waals surface area contributed by atoms with E-state index in [1.54, 1.807) is 28.7 Å². The van der Waals surface area contributed by atoms with Crippen LogP contribution in [0.3, 0.4) is 0 Å². The van der Waals surface area contributed by atoms with Crippen LogP contribution in [0.2, 0.25) is 0 Å². The van der Waals surface area contributed by atoms with Crippen LogP contribution in [0.4, 0.5) is 0 Å². The maximum Gasteiger partial charge on any atom is 0.325 e. The highest BCUT2D eigenvalue weighted by molar-refractivity contribution is 7.99. The minimum atomic E-state index is -0.524. The second kappa shape index (κ2) is 10.1. The molecule has 0 saturated heterocycles. The first kappa shape index (κ1) is 22.3. The lowest BCUT2D eigenvalue weighted by atomic mass is 10.2. The number of hydrogen-bond acceptors (Lipinski definition) is 7. The first-order valence-electron chi connectivity index (χ1n) is 10.1. The molecule has 0 atom stereocenters. The maximum atomic E-state index is 12.8. The van der Waals surface area contributed by atoms with Crippen LogP contribution >= 0.6 is 11.8 Å². The van der Waals surface area contributed by atoms with Gasteiger partial charge in [-0.1, -0.05) is 60.3 Å². The number of allylic oxidation sites excluding steroid dienone is 1. The number of amides is 1. The molecule has 2 aromatic carbocycles. The monoisotopic (exact) mass is 463 g/mol. The zero-order valence-corrected chi connectivity index (χ0v) is 18.5. The summed E-state index contributed by atoms with van der Waals surface area (Å²) in [5.74, 6) is -0.491. The molecule has 0 radical (unpaired) electrons. The van der Waals surface area contributed by atoms with Crippen molar-refractivity contribution in [2.45, 2.75) is 18.3 Å². The quantitative estimate of drug-likeness (QED) is 0.230. The maximum absolute atomic E-state index is 12.8. The molecule has 0 aliphatic carbocycles. The molecule has 0 aliphatic heterocycles. The highest BCUT2D eigenvalue weighted by atomic mass is 32.2. The van der Waals surface area contributed by atoms with Crippen LogP contribution in [-0.4, -0.2) is 43.3 Å². The molecule has 10 heteroatoms. The molecule has 0 saturated carbocycles. The van der Waals surface area contributed by atoms with E-state index in [9.17, 15) is 14.4 Å². The van der Waals surface area contributed by atoms with Crippen LogP contribution in [0.25, 0.3) is 16.7 Å². The fraction of sp³-hybridized carbons (Fsp3) is 0.174. The molecular formula is C23H21N5O4S. The SMILES string of the molecule is C=CCn1c(=O)c2ccccc2n2c(SCC(=O)NCC(=O)OCc3ccccc3)nnc12. The Bertz CT molecular complexity index is 1380. The Morgan fingerprint density at radius 1 is 1.09 bits per heavy atom. The average Bonchev–Trinajstić information content (AvgIpc) is 3.27. The molecule has 33 heavy (non-hydrogen) atoms. The van der Waals surface area contributed by atoms with Crippen molar-refractivity contribution in [1.82, 2.24) is 24.5 Å². The van der Waals surface area contributed by atoms with Gasteiger partial charge in [-0.15, -0.1) is 16.8 Å². The number of thioether (sulfide) groups is 1. The summed E-state index contributed by atoms with van der Waals surface area (Å²) in [5, 5.41) is 11.8. The predicted octanol–water partition coefficient (Wildman–Crippen LogP) is 2.18. The lowest BCUT2D eigenvalue weighted by Gasteiger charge is -2.09. The van der Waals surface area contributed by atoms with Gasteiger partial charge >= 0.3 is 5.97 Å². The van der Waals surface area contributed by atoms with Gasteiger partial charge in [0.05, 0.1) is 16.7 Å². The summed E-state index contributed by atoms with van der Waals surface area (Å²) >= 11 is 1.16. The van der Waals surface area contributed by atoms with Crippen molar-refractivity contribution in [1.29, 1.82) is 0 Å². The Morgan fingerprint density at radius 3 is 2.64 bits per heavy atom. The normalized spacial score (nSPS) is 10.9.